The monoisotopic (exact) mass is 265 g/mol. The lowest BCUT2D eigenvalue weighted by molar-refractivity contribution is -0.124. The SMILES string of the molecule is CCCCNC(=O)C1CNNC1c1ccc(F)cc1. The summed E-state index contributed by atoms with van der Waals surface area (Å²) in [4.78, 5) is 12.1. The van der Waals surface area contributed by atoms with E-state index in [0.29, 0.717) is 13.1 Å². The van der Waals surface area contributed by atoms with E-state index in [-0.39, 0.29) is 23.7 Å². The molecule has 1 fully saturated rings. The lowest BCUT2D eigenvalue weighted by atomic mass is 9.94. The molecule has 0 spiro atoms. The quantitative estimate of drug-likeness (QED) is 0.707. The summed E-state index contributed by atoms with van der Waals surface area (Å²) in [6.07, 6.45) is 2.05. The van der Waals surface area contributed by atoms with Crippen molar-refractivity contribution in [3.63, 3.8) is 0 Å². The lowest BCUT2D eigenvalue weighted by Gasteiger charge is -2.18. The van der Waals surface area contributed by atoms with Gasteiger partial charge in [0.25, 0.3) is 0 Å². The minimum atomic E-state index is -0.265. The third-order valence-corrected chi connectivity index (χ3v) is 3.38. The van der Waals surface area contributed by atoms with Gasteiger partial charge in [-0.15, -0.1) is 0 Å². The van der Waals surface area contributed by atoms with Gasteiger partial charge < -0.3 is 5.32 Å². The molecule has 1 heterocycles. The molecule has 3 N–H and O–H groups in total. The minimum Gasteiger partial charge on any atom is -0.356 e. The molecule has 1 aromatic carbocycles. The number of hydrogen-bond acceptors (Lipinski definition) is 3. The average molecular weight is 265 g/mol. The molecule has 5 heteroatoms. The van der Waals surface area contributed by atoms with Crippen LogP contribution < -0.4 is 16.2 Å². The third kappa shape index (κ3) is 3.52. The molecule has 19 heavy (non-hydrogen) atoms. The van der Waals surface area contributed by atoms with Gasteiger partial charge in [-0.3, -0.25) is 10.2 Å². The normalized spacial score (nSPS) is 22.4. The topological polar surface area (TPSA) is 53.2 Å². The van der Waals surface area contributed by atoms with E-state index in [2.05, 4.69) is 23.1 Å². The number of unbranched alkanes of at least 4 members (excludes halogenated alkanes) is 1. The number of nitrogens with one attached hydrogen (secondary N) is 3. The van der Waals surface area contributed by atoms with Crippen LogP contribution in [0, 0.1) is 11.7 Å². The Hall–Kier alpha value is -1.46. The zero-order valence-corrected chi connectivity index (χ0v) is 11.1. The minimum absolute atomic E-state index is 0.0419. The van der Waals surface area contributed by atoms with Gasteiger partial charge in [-0.05, 0) is 24.1 Å². The highest BCUT2D eigenvalue weighted by molar-refractivity contribution is 5.80. The summed E-state index contributed by atoms with van der Waals surface area (Å²) < 4.78 is 12.9. The van der Waals surface area contributed by atoms with Crippen LogP contribution in [0.5, 0.6) is 0 Å². The number of rotatable bonds is 5. The summed E-state index contributed by atoms with van der Waals surface area (Å²) in [5, 5.41) is 2.94. The largest absolute Gasteiger partial charge is 0.356 e. The van der Waals surface area contributed by atoms with E-state index in [1.165, 1.54) is 12.1 Å². The molecule has 0 radical (unpaired) electrons. The van der Waals surface area contributed by atoms with E-state index in [1.807, 2.05) is 0 Å². The van der Waals surface area contributed by atoms with Crippen LogP contribution in [0.3, 0.4) is 0 Å². The first-order valence-electron chi connectivity index (χ1n) is 6.74. The number of amides is 1. The molecule has 2 rings (SSSR count). The van der Waals surface area contributed by atoms with E-state index in [0.717, 1.165) is 18.4 Å². The summed E-state index contributed by atoms with van der Waals surface area (Å²) in [6.45, 7) is 3.38. The Labute approximate surface area is 112 Å². The van der Waals surface area contributed by atoms with Gasteiger partial charge in [0.15, 0.2) is 0 Å². The first kappa shape index (κ1) is 14.0. The predicted octanol–water partition coefficient (Wildman–Crippen LogP) is 1.51. The molecule has 1 amide bonds. The van der Waals surface area contributed by atoms with Gasteiger partial charge in [0.05, 0.1) is 12.0 Å². The Kier molecular flexibility index (Phi) is 4.87. The zero-order chi connectivity index (χ0) is 13.7. The summed E-state index contributed by atoms with van der Waals surface area (Å²) in [5.41, 5.74) is 7.00. The highest BCUT2D eigenvalue weighted by Gasteiger charge is 2.33. The Bertz CT molecular complexity index is 421. The molecule has 0 aliphatic carbocycles. The predicted molar refractivity (Wildman–Crippen MR) is 71.7 cm³/mol. The second-order valence-corrected chi connectivity index (χ2v) is 4.81. The van der Waals surface area contributed by atoms with Gasteiger partial charge in [-0.25, -0.2) is 9.82 Å². The van der Waals surface area contributed by atoms with Crippen molar-refractivity contribution in [1.82, 2.24) is 16.2 Å². The van der Waals surface area contributed by atoms with Crippen LogP contribution in [-0.2, 0) is 4.79 Å². The van der Waals surface area contributed by atoms with Crippen molar-refractivity contribution in [3.8, 4) is 0 Å². The molecule has 104 valence electrons. The smallest absolute Gasteiger partial charge is 0.226 e. The number of hydrogen-bond donors (Lipinski definition) is 3. The van der Waals surface area contributed by atoms with E-state index in [4.69, 9.17) is 0 Å². The molecule has 2 atom stereocenters. The number of carbonyl (C=O) groups is 1. The van der Waals surface area contributed by atoms with Gasteiger partial charge in [0.2, 0.25) is 5.91 Å². The maximum Gasteiger partial charge on any atom is 0.226 e. The van der Waals surface area contributed by atoms with E-state index >= 15 is 0 Å². The first-order valence-corrected chi connectivity index (χ1v) is 6.74. The third-order valence-electron chi connectivity index (χ3n) is 3.38. The Morgan fingerprint density at radius 1 is 1.42 bits per heavy atom. The molecule has 1 aliphatic heterocycles. The van der Waals surface area contributed by atoms with Gasteiger partial charge in [-0.1, -0.05) is 25.5 Å². The van der Waals surface area contributed by atoms with Gasteiger partial charge >= 0.3 is 0 Å². The molecule has 2 unspecified atom stereocenters. The van der Waals surface area contributed by atoms with Crippen molar-refractivity contribution >= 4 is 5.91 Å². The van der Waals surface area contributed by atoms with Crippen LogP contribution in [0.4, 0.5) is 4.39 Å². The number of benzene rings is 1. The zero-order valence-electron chi connectivity index (χ0n) is 11.1. The molecular weight excluding hydrogens is 245 g/mol. The summed E-state index contributed by atoms with van der Waals surface area (Å²) in [5.74, 6) is -0.388. The number of hydrazine groups is 1. The van der Waals surface area contributed by atoms with Crippen molar-refractivity contribution in [1.29, 1.82) is 0 Å². The molecule has 1 saturated heterocycles. The van der Waals surface area contributed by atoms with E-state index in [1.54, 1.807) is 12.1 Å². The van der Waals surface area contributed by atoms with E-state index in [9.17, 15) is 9.18 Å². The maximum absolute atomic E-state index is 12.9. The van der Waals surface area contributed by atoms with Crippen molar-refractivity contribution in [2.24, 2.45) is 5.92 Å². The molecule has 1 aromatic rings. The average Bonchev–Trinajstić information content (AvgIpc) is 2.89. The van der Waals surface area contributed by atoms with Crippen LogP contribution in [0.25, 0.3) is 0 Å². The second kappa shape index (κ2) is 6.63. The summed E-state index contributed by atoms with van der Waals surface area (Å²) in [7, 11) is 0. The van der Waals surface area contributed by atoms with Gasteiger partial charge in [0.1, 0.15) is 5.82 Å². The second-order valence-electron chi connectivity index (χ2n) is 4.81. The van der Waals surface area contributed by atoms with Gasteiger partial charge in [0, 0.05) is 13.1 Å². The molecule has 0 saturated carbocycles. The van der Waals surface area contributed by atoms with Crippen LogP contribution in [-0.4, -0.2) is 19.0 Å². The van der Waals surface area contributed by atoms with Crippen LogP contribution >= 0.6 is 0 Å². The van der Waals surface area contributed by atoms with Crippen molar-refractivity contribution in [2.45, 2.75) is 25.8 Å². The lowest BCUT2D eigenvalue weighted by Crippen LogP contribution is -2.35. The van der Waals surface area contributed by atoms with Crippen LogP contribution in [0.1, 0.15) is 31.4 Å². The number of halogens is 1. The maximum atomic E-state index is 12.9. The molecular formula is C14H20FN3O. The molecule has 1 aliphatic rings. The van der Waals surface area contributed by atoms with Crippen LogP contribution in [0.2, 0.25) is 0 Å². The van der Waals surface area contributed by atoms with E-state index < -0.39 is 0 Å². The van der Waals surface area contributed by atoms with Gasteiger partial charge in [-0.2, -0.15) is 0 Å². The van der Waals surface area contributed by atoms with Crippen LogP contribution in [0.15, 0.2) is 24.3 Å². The standard InChI is InChI=1S/C14H20FN3O/c1-2-3-8-16-14(19)12-9-17-18-13(12)10-4-6-11(15)7-5-10/h4-7,12-13,17-18H,2-3,8-9H2,1H3,(H,16,19). The Morgan fingerprint density at radius 2 is 2.16 bits per heavy atom. The molecule has 0 bridgehead atoms. The number of carbonyl (C=O) groups excluding carboxylic acids is 1. The Morgan fingerprint density at radius 3 is 2.84 bits per heavy atom. The fourth-order valence-corrected chi connectivity index (χ4v) is 2.25. The van der Waals surface area contributed by atoms with Crippen molar-refractivity contribution < 1.29 is 9.18 Å². The first-order chi connectivity index (χ1) is 9.22. The molecule has 4 nitrogen and oxygen atoms in total. The highest BCUT2D eigenvalue weighted by Crippen LogP contribution is 2.25. The van der Waals surface area contributed by atoms with Crippen molar-refractivity contribution in [3.05, 3.63) is 35.6 Å². The Balaban J connectivity index is 2.00. The van der Waals surface area contributed by atoms with Crippen molar-refractivity contribution in [2.75, 3.05) is 13.1 Å². The fraction of sp³-hybridized carbons (Fsp3) is 0.500. The summed E-state index contributed by atoms with van der Waals surface area (Å²) in [6, 6.07) is 6.16. The fourth-order valence-electron chi connectivity index (χ4n) is 2.25. The highest BCUT2D eigenvalue weighted by atomic mass is 19.1. The molecule has 0 aromatic heterocycles. The summed E-state index contributed by atoms with van der Waals surface area (Å²) >= 11 is 0.